The van der Waals surface area contributed by atoms with Crippen LogP contribution in [0, 0.1) is 0 Å². The highest BCUT2D eigenvalue weighted by atomic mass is 16.5. The number of rotatable bonds is 3. The standard InChI is InChI=1S/C15H23NO3/c1-6-12-10-7-13(18-4)14(19-5)8-11(10)15(2,3)9-16(12)17/h7-8,12,17H,6,9H2,1-5H3. The Bertz CT molecular complexity index is 471. The van der Waals surface area contributed by atoms with E-state index in [0.29, 0.717) is 12.3 Å². The fourth-order valence-corrected chi connectivity index (χ4v) is 2.95. The Morgan fingerprint density at radius 1 is 1.26 bits per heavy atom. The Morgan fingerprint density at radius 3 is 2.37 bits per heavy atom. The molecule has 1 atom stereocenters. The highest BCUT2D eigenvalue weighted by molar-refractivity contribution is 5.51. The van der Waals surface area contributed by atoms with Crippen molar-refractivity contribution >= 4 is 0 Å². The molecule has 0 radical (unpaired) electrons. The fraction of sp³-hybridized carbons (Fsp3) is 0.600. The fourth-order valence-electron chi connectivity index (χ4n) is 2.95. The van der Waals surface area contributed by atoms with Gasteiger partial charge in [-0.1, -0.05) is 20.8 Å². The molecule has 1 aromatic rings. The van der Waals surface area contributed by atoms with Gasteiger partial charge in [0.1, 0.15) is 0 Å². The number of hydroxylamine groups is 2. The van der Waals surface area contributed by atoms with E-state index in [1.807, 2.05) is 12.1 Å². The second kappa shape index (κ2) is 5.02. The van der Waals surface area contributed by atoms with Crippen molar-refractivity contribution in [1.29, 1.82) is 0 Å². The van der Waals surface area contributed by atoms with Crippen LogP contribution in [0.25, 0.3) is 0 Å². The minimum atomic E-state index is -0.116. The van der Waals surface area contributed by atoms with E-state index in [1.54, 1.807) is 14.2 Å². The van der Waals surface area contributed by atoms with Crippen LogP contribution in [0.4, 0.5) is 0 Å². The zero-order valence-corrected chi connectivity index (χ0v) is 12.4. The van der Waals surface area contributed by atoms with Crippen molar-refractivity contribution in [2.75, 3.05) is 20.8 Å². The summed E-state index contributed by atoms with van der Waals surface area (Å²) < 4.78 is 10.8. The van der Waals surface area contributed by atoms with Gasteiger partial charge in [-0.2, -0.15) is 5.06 Å². The third-order valence-corrected chi connectivity index (χ3v) is 3.95. The molecular weight excluding hydrogens is 242 g/mol. The molecule has 1 aliphatic heterocycles. The second-order valence-corrected chi connectivity index (χ2v) is 5.70. The van der Waals surface area contributed by atoms with Gasteiger partial charge in [0, 0.05) is 12.0 Å². The number of methoxy groups -OCH3 is 2. The van der Waals surface area contributed by atoms with Crippen molar-refractivity contribution in [3.63, 3.8) is 0 Å². The Balaban J connectivity index is 2.63. The van der Waals surface area contributed by atoms with E-state index >= 15 is 0 Å². The summed E-state index contributed by atoms with van der Waals surface area (Å²) in [6.07, 6.45) is 0.856. The predicted octanol–water partition coefficient (Wildman–Crippen LogP) is 3.14. The van der Waals surface area contributed by atoms with Crippen LogP contribution in [-0.2, 0) is 5.41 Å². The number of ether oxygens (including phenoxy) is 2. The first-order valence-electron chi connectivity index (χ1n) is 6.66. The van der Waals surface area contributed by atoms with E-state index in [0.717, 1.165) is 17.7 Å². The molecular formula is C15H23NO3. The van der Waals surface area contributed by atoms with Crippen molar-refractivity contribution in [3.05, 3.63) is 23.3 Å². The molecule has 106 valence electrons. The molecule has 0 spiro atoms. The highest BCUT2D eigenvalue weighted by Crippen LogP contribution is 2.44. The lowest BCUT2D eigenvalue weighted by Crippen LogP contribution is -2.43. The Morgan fingerprint density at radius 2 is 1.84 bits per heavy atom. The van der Waals surface area contributed by atoms with Gasteiger partial charge in [0.15, 0.2) is 11.5 Å². The number of hydrogen-bond acceptors (Lipinski definition) is 4. The molecule has 1 heterocycles. The van der Waals surface area contributed by atoms with Gasteiger partial charge in [-0.05, 0) is 29.7 Å². The van der Waals surface area contributed by atoms with Crippen LogP contribution < -0.4 is 9.47 Å². The maximum absolute atomic E-state index is 10.2. The van der Waals surface area contributed by atoms with E-state index < -0.39 is 0 Å². The van der Waals surface area contributed by atoms with Gasteiger partial charge in [0.05, 0.1) is 20.3 Å². The average Bonchev–Trinajstić information content (AvgIpc) is 2.37. The summed E-state index contributed by atoms with van der Waals surface area (Å²) in [7, 11) is 3.28. The third-order valence-electron chi connectivity index (χ3n) is 3.95. The van der Waals surface area contributed by atoms with Crippen LogP contribution >= 0.6 is 0 Å². The van der Waals surface area contributed by atoms with E-state index in [9.17, 15) is 5.21 Å². The first-order valence-corrected chi connectivity index (χ1v) is 6.66. The minimum Gasteiger partial charge on any atom is -0.493 e. The molecule has 0 saturated heterocycles. The molecule has 0 fully saturated rings. The van der Waals surface area contributed by atoms with Crippen LogP contribution in [0.15, 0.2) is 12.1 Å². The normalized spacial score (nSPS) is 21.9. The highest BCUT2D eigenvalue weighted by Gasteiger charge is 2.37. The Labute approximate surface area is 114 Å². The zero-order chi connectivity index (χ0) is 14.2. The lowest BCUT2D eigenvalue weighted by atomic mass is 9.76. The van der Waals surface area contributed by atoms with Gasteiger partial charge in [-0.15, -0.1) is 0 Å². The van der Waals surface area contributed by atoms with Crippen LogP contribution in [-0.4, -0.2) is 31.0 Å². The topological polar surface area (TPSA) is 41.9 Å². The van der Waals surface area contributed by atoms with Gasteiger partial charge in [-0.25, -0.2) is 0 Å². The Hall–Kier alpha value is -1.26. The molecule has 1 N–H and O–H groups in total. The second-order valence-electron chi connectivity index (χ2n) is 5.70. The van der Waals surface area contributed by atoms with Crippen molar-refractivity contribution in [1.82, 2.24) is 5.06 Å². The van der Waals surface area contributed by atoms with Crippen LogP contribution in [0.1, 0.15) is 44.4 Å². The van der Waals surface area contributed by atoms with Crippen molar-refractivity contribution in [2.45, 2.75) is 38.6 Å². The first-order chi connectivity index (χ1) is 8.94. The molecule has 0 aliphatic carbocycles. The SMILES string of the molecule is CCC1c2cc(OC)c(OC)cc2C(C)(C)CN1O. The maximum Gasteiger partial charge on any atom is 0.161 e. The van der Waals surface area contributed by atoms with E-state index in [4.69, 9.17) is 9.47 Å². The lowest BCUT2D eigenvalue weighted by molar-refractivity contribution is -0.148. The molecule has 1 unspecified atom stereocenters. The van der Waals surface area contributed by atoms with Gasteiger partial charge in [0.2, 0.25) is 0 Å². The van der Waals surface area contributed by atoms with E-state index in [1.165, 1.54) is 10.6 Å². The van der Waals surface area contributed by atoms with Crippen LogP contribution in [0.3, 0.4) is 0 Å². The number of benzene rings is 1. The zero-order valence-electron chi connectivity index (χ0n) is 12.4. The van der Waals surface area contributed by atoms with Gasteiger partial charge < -0.3 is 14.7 Å². The van der Waals surface area contributed by atoms with E-state index in [-0.39, 0.29) is 11.5 Å². The minimum absolute atomic E-state index is 0.0165. The molecule has 0 aromatic heterocycles. The summed E-state index contributed by atoms with van der Waals surface area (Å²) in [6, 6.07) is 4.05. The van der Waals surface area contributed by atoms with Crippen molar-refractivity contribution in [2.24, 2.45) is 0 Å². The molecule has 2 rings (SSSR count). The summed E-state index contributed by atoms with van der Waals surface area (Å²) >= 11 is 0. The molecule has 19 heavy (non-hydrogen) atoms. The number of nitrogens with zero attached hydrogens (tertiary/aromatic N) is 1. The number of fused-ring (bicyclic) bond motifs is 1. The predicted molar refractivity (Wildman–Crippen MR) is 74.1 cm³/mol. The molecule has 4 heteroatoms. The molecule has 0 saturated carbocycles. The smallest absolute Gasteiger partial charge is 0.161 e. The molecule has 0 amide bonds. The van der Waals surface area contributed by atoms with Crippen molar-refractivity contribution in [3.8, 4) is 11.5 Å². The van der Waals surface area contributed by atoms with Gasteiger partial charge >= 0.3 is 0 Å². The summed E-state index contributed by atoms with van der Waals surface area (Å²) in [5, 5.41) is 11.6. The molecule has 4 nitrogen and oxygen atoms in total. The summed E-state index contributed by atoms with van der Waals surface area (Å²) in [6.45, 7) is 6.96. The maximum atomic E-state index is 10.2. The average molecular weight is 265 g/mol. The van der Waals surface area contributed by atoms with Crippen molar-refractivity contribution < 1.29 is 14.7 Å². The van der Waals surface area contributed by atoms with Gasteiger partial charge in [0.25, 0.3) is 0 Å². The number of hydrogen-bond donors (Lipinski definition) is 1. The quantitative estimate of drug-likeness (QED) is 0.911. The molecule has 1 aliphatic rings. The van der Waals surface area contributed by atoms with Crippen LogP contribution in [0.5, 0.6) is 11.5 Å². The Kier molecular flexibility index (Phi) is 3.74. The lowest BCUT2D eigenvalue weighted by Gasteiger charge is -2.42. The molecule has 0 bridgehead atoms. The summed E-state index contributed by atoms with van der Waals surface area (Å²) in [5.41, 5.74) is 2.23. The summed E-state index contributed by atoms with van der Waals surface area (Å²) in [4.78, 5) is 0. The summed E-state index contributed by atoms with van der Waals surface area (Å²) in [5.74, 6) is 1.46. The third kappa shape index (κ3) is 2.30. The molecule has 1 aromatic carbocycles. The first kappa shape index (κ1) is 14.2. The van der Waals surface area contributed by atoms with E-state index in [2.05, 4.69) is 20.8 Å². The van der Waals surface area contributed by atoms with Gasteiger partial charge in [-0.3, -0.25) is 0 Å². The monoisotopic (exact) mass is 265 g/mol. The largest absolute Gasteiger partial charge is 0.493 e. The van der Waals surface area contributed by atoms with Crippen LogP contribution in [0.2, 0.25) is 0 Å².